The molecule has 0 atom stereocenters. The number of ether oxygens (including phenoxy) is 1. The van der Waals surface area contributed by atoms with Gasteiger partial charge in [-0.3, -0.25) is 0 Å². The van der Waals surface area contributed by atoms with E-state index in [9.17, 15) is 4.79 Å². The minimum atomic E-state index is -0.390. The molecule has 1 heterocycles. The minimum absolute atomic E-state index is 0.287. The van der Waals surface area contributed by atoms with Crippen molar-refractivity contribution in [2.75, 3.05) is 6.54 Å². The van der Waals surface area contributed by atoms with E-state index in [1.165, 1.54) is 5.56 Å². The van der Waals surface area contributed by atoms with Gasteiger partial charge in [0.1, 0.15) is 12.4 Å². The molecule has 0 saturated carbocycles. The van der Waals surface area contributed by atoms with Gasteiger partial charge in [0.05, 0.1) is 11.0 Å². The summed E-state index contributed by atoms with van der Waals surface area (Å²) in [4.78, 5) is 19.5. The van der Waals surface area contributed by atoms with Gasteiger partial charge in [-0.1, -0.05) is 36.4 Å². The van der Waals surface area contributed by atoms with Crippen LogP contribution in [0.15, 0.2) is 48.5 Å². The van der Waals surface area contributed by atoms with Crippen molar-refractivity contribution in [1.82, 2.24) is 15.3 Å². The number of hydrogen-bond donors (Lipinski definition) is 2. The smallest absolute Gasteiger partial charge is 0.407 e. The van der Waals surface area contributed by atoms with E-state index in [0.717, 1.165) is 35.3 Å². The highest BCUT2D eigenvalue weighted by Crippen LogP contribution is 2.13. The Morgan fingerprint density at radius 2 is 2.04 bits per heavy atom. The summed E-state index contributed by atoms with van der Waals surface area (Å²) in [6.45, 7) is 2.91. The van der Waals surface area contributed by atoms with Crippen molar-refractivity contribution in [3.8, 4) is 0 Å². The summed E-state index contributed by atoms with van der Waals surface area (Å²) in [6, 6.07) is 15.8. The van der Waals surface area contributed by atoms with Crippen molar-refractivity contribution in [3.63, 3.8) is 0 Å². The maximum Gasteiger partial charge on any atom is 0.407 e. The summed E-state index contributed by atoms with van der Waals surface area (Å²) < 4.78 is 5.17. The third-order valence-electron chi connectivity index (χ3n) is 3.76. The fraction of sp³-hybridized carbons (Fsp3) is 0.263. The molecule has 5 heteroatoms. The number of benzene rings is 2. The van der Waals surface area contributed by atoms with E-state index < -0.39 is 0 Å². The quantitative estimate of drug-likeness (QED) is 0.679. The third-order valence-corrected chi connectivity index (χ3v) is 3.76. The Kier molecular flexibility index (Phi) is 5.11. The van der Waals surface area contributed by atoms with Gasteiger partial charge in [0, 0.05) is 13.0 Å². The summed E-state index contributed by atoms with van der Waals surface area (Å²) in [5.74, 6) is 0.940. The number of alkyl carbamates (subject to hydrolysis) is 1. The molecule has 5 nitrogen and oxygen atoms in total. The SMILES string of the molecule is Cc1ccc2nc(CCCNC(=O)OCc3ccccc3)[nH]c2c1. The van der Waals surface area contributed by atoms with Gasteiger partial charge in [0.15, 0.2) is 0 Å². The van der Waals surface area contributed by atoms with Crippen molar-refractivity contribution in [2.24, 2.45) is 0 Å². The van der Waals surface area contributed by atoms with Gasteiger partial charge in [-0.15, -0.1) is 0 Å². The van der Waals surface area contributed by atoms with Gasteiger partial charge < -0.3 is 15.0 Å². The lowest BCUT2D eigenvalue weighted by molar-refractivity contribution is 0.139. The van der Waals surface area contributed by atoms with Gasteiger partial charge in [-0.05, 0) is 36.6 Å². The molecule has 0 bridgehead atoms. The van der Waals surface area contributed by atoms with Crippen LogP contribution in [-0.2, 0) is 17.8 Å². The number of nitrogens with one attached hydrogen (secondary N) is 2. The van der Waals surface area contributed by atoms with Crippen LogP contribution < -0.4 is 5.32 Å². The molecule has 0 aliphatic rings. The van der Waals surface area contributed by atoms with Gasteiger partial charge in [-0.2, -0.15) is 0 Å². The molecular formula is C19H21N3O2. The summed E-state index contributed by atoms with van der Waals surface area (Å²) in [7, 11) is 0. The summed E-state index contributed by atoms with van der Waals surface area (Å²) >= 11 is 0. The van der Waals surface area contributed by atoms with Crippen LogP contribution in [0.4, 0.5) is 4.79 Å². The molecule has 0 unspecified atom stereocenters. The fourth-order valence-corrected chi connectivity index (χ4v) is 2.52. The predicted molar refractivity (Wildman–Crippen MR) is 93.8 cm³/mol. The first-order valence-corrected chi connectivity index (χ1v) is 8.10. The van der Waals surface area contributed by atoms with E-state index in [1.54, 1.807) is 0 Å². The molecule has 124 valence electrons. The van der Waals surface area contributed by atoms with Gasteiger partial charge >= 0.3 is 6.09 Å². The van der Waals surface area contributed by atoms with E-state index in [4.69, 9.17) is 4.74 Å². The van der Waals surface area contributed by atoms with Gasteiger partial charge in [0.25, 0.3) is 0 Å². The van der Waals surface area contributed by atoms with E-state index in [1.807, 2.05) is 36.4 Å². The highest BCUT2D eigenvalue weighted by atomic mass is 16.5. The number of carbonyl (C=O) groups is 1. The molecule has 0 spiro atoms. The van der Waals surface area contributed by atoms with Crippen LogP contribution in [0.3, 0.4) is 0 Å². The van der Waals surface area contributed by atoms with E-state index in [2.05, 4.69) is 34.3 Å². The highest BCUT2D eigenvalue weighted by Gasteiger charge is 2.05. The molecule has 3 aromatic rings. The maximum atomic E-state index is 11.6. The van der Waals surface area contributed by atoms with Crippen molar-refractivity contribution in [2.45, 2.75) is 26.4 Å². The topological polar surface area (TPSA) is 67.0 Å². The number of amides is 1. The largest absolute Gasteiger partial charge is 0.445 e. The normalized spacial score (nSPS) is 10.7. The Hall–Kier alpha value is -2.82. The van der Waals surface area contributed by atoms with E-state index in [0.29, 0.717) is 6.54 Å². The molecule has 0 radical (unpaired) electrons. The number of hydrogen-bond acceptors (Lipinski definition) is 3. The van der Waals surface area contributed by atoms with Crippen LogP contribution in [0, 0.1) is 6.92 Å². The van der Waals surface area contributed by atoms with Crippen molar-refractivity contribution in [1.29, 1.82) is 0 Å². The molecular weight excluding hydrogens is 302 g/mol. The second-order valence-electron chi connectivity index (χ2n) is 5.80. The van der Waals surface area contributed by atoms with Crippen LogP contribution >= 0.6 is 0 Å². The molecule has 2 aromatic carbocycles. The summed E-state index contributed by atoms with van der Waals surface area (Å²) in [5.41, 5.74) is 4.22. The Morgan fingerprint density at radius 3 is 2.88 bits per heavy atom. The zero-order chi connectivity index (χ0) is 16.8. The summed E-state index contributed by atoms with van der Waals surface area (Å²) in [5, 5.41) is 2.76. The summed E-state index contributed by atoms with van der Waals surface area (Å²) in [6.07, 6.45) is 1.20. The number of rotatable bonds is 6. The molecule has 0 aliphatic carbocycles. The lowest BCUT2D eigenvalue weighted by atomic mass is 10.2. The number of aryl methyl sites for hydroxylation is 2. The number of H-pyrrole nitrogens is 1. The first-order chi connectivity index (χ1) is 11.7. The number of fused-ring (bicyclic) bond motifs is 1. The highest BCUT2D eigenvalue weighted by molar-refractivity contribution is 5.75. The number of aromatic nitrogens is 2. The Balaban J connectivity index is 1.39. The number of imidazole rings is 1. The second kappa shape index (κ2) is 7.64. The molecule has 1 aromatic heterocycles. The zero-order valence-corrected chi connectivity index (χ0v) is 13.7. The average molecular weight is 323 g/mol. The Morgan fingerprint density at radius 1 is 1.21 bits per heavy atom. The lowest BCUT2D eigenvalue weighted by Crippen LogP contribution is -2.25. The minimum Gasteiger partial charge on any atom is -0.445 e. The molecule has 0 fully saturated rings. The van der Waals surface area contributed by atoms with Crippen LogP contribution in [0.2, 0.25) is 0 Å². The van der Waals surface area contributed by atoms with Crippen LogP contribution in [-0.4, -0.2) is 22.6 Å². The van der Waals surface area contributed by atoms with E-state index in [-0.39, 0.29) is 12.7 Å². The molecule has 24 heavy (non-hydrogen) atoms. The molecule has 2 N–H and O–H groups in total. The second-order valence-corrected chi connectivity index (χ2v) is 5.80. The molecule has 0 aliphatic heterocycles. The fourth-order valence-electron chi connectivity index (χ4n) is 2.52. The first-order valence-electron chi connectivity index (χ1n) is 8.10. The van der Waals surface area contributed by atoms with Crippen molar-refractivity contribution < 1.29 is 9.53 Å². The number of aromatic amines is 1. The van der Waals surface area contributed by atoms with Crippen LogP contribution in [0.25, 0.3) is 11.0 Å². The van der Waals surface area contributed by atoms with Crippen LogP contribution in [0.5, 0.6) is 0 Å². The third kappa shape index (κ3) is 4.35. The maximum absolute atomic E-state index is 11.6. The average Bonchev–Trinajstić information content (AvgIpc) is 2.99. The van der Waals surface area contributed by atoms with Crippen molar-refractivity contribution in [3.05, 3.63) is 65.5 Å². The standard InChI is InChI=1S/C19H21N3O2/c1-14-9-10-16-17(12-14)22-18(21-16)8-5-11-20-19(23)24-13-15-6-3-2-4-7-15/h2-4,6-7,9-10,12H,5,8,11,13H2,1H3,(H,20,23)(H,21,22). The Bertz CT molecular complexity index is 812. The molecule has 1 amide bonds. The molecule has 3 rings (SSSR count). The lowest BCUT2D eigenvalue weighted by Gasteiger charge is -2.06. The Labute approximate surface area is 141 Å². The molecule has 0 saturated heterocycles. The van der Waals surface area contributed by atoms with Crippen molar-refractivity contribution >= 4 is 17.1 Å². The first kappa shape index (κ1) is 16.1. The number of nitrogens with zero attached hydrogens (tertiary/aromatic N) is 1. The zero-order valence-electron chi connectivity index (χ0n) is 13.7. The van der Waals surface area contributed by atoms with Crippen LogP contribution in [0.1, 0.15) is 23.4 Å². The van der Waals surface area contributed by atoms with Gasteiger partial charge in [-0.25, -0.2) is 9.78 Å². The number of carbonyl (C=O) groups excluding carboxylic acids is 1. The predicted octanol–water partition coefficient (Wildman–Crippen LogP) is 3.73. The monoisotopic (exact) mass is 323 g/mol. The van der Waals surface area contributed by atoms with E-state index >= 15 is 0 Å². The van der Waals surface area contributed by atoms with Gasteiger partial charge in [0.2, 0.25) is 0 Å².